The lowest BCUT2D eigenvalue weighted by Gasteiger charge is -2.33. The molecule has 0 rings (SSSR count). The van der Waals surface area contributed by atoms with E-state index >= 15 is 0 Å². The number of aliphatic hydroxyl groups excluding tert-OH is 2. The molecule has 0 aliphatic rings. The third kappa shape index (κ3) is 6.32. The van der Waals surface area contributed by atoms with Crippen LogP contribution in [0.3, 0.4) is 0 Å². The summed E-state index contributed by atoms with van der Waals surface area (Å²) < 4.78 is 6.07. The van der Waals surface area contributed by atoms with Gasteiger partial charge < -0.3 is 19.4 Å². The second-order valence-electron chi connectivity index (χ2n) is 3.85. The van der Waals surface area contributed by atoms with E-state index in [1.165, 1.54) is 0 Å². The lowest BCUT2D eigenvalue weighted by Crippen LogP contribution is -2.50. The third-order valence-electron chi connectivity index (χ3n) is 2.40. The van der Waals surface area contributed by atoms with Gasteiger partial charge in [-0.05, 0) is 6.42 Å². The summed E-state index contributed by atoms with van der Waals surface area (Å²) in [5, 5.41) is 17.8. The third-order valence-corrected chi connectivity index (χ3v) is 2.40. The van der Waals surface area contributed by atoms with Crippen LogP contribution in [0.25, 0.3) is 0 Å². The number of hydrogen-bond donors (Lipinski definition) is 2. The van der Waals surface area contributed by atoms with Crippen LogP contribution in [0.15, 0.2) is 0 Å². The molecule has 0 aromatic carbocycles. The molecule has 0 saturated heterocycles. The first-order valence-corrected chi connectivity index (χ1v) is 5.31. The number of nitrogens with zero attached hydrogens (tertiary/aromatic N) is 1. The summed E-state index contributed by atoms with van der Waals surface area (Å²) in [5.74, 6) is 0. The Balaban J connectivity index is 3.71. The quantitative estimate of drug-likeness (QED) is 0.407. The van der Waals surface area contributed by atoms with Gasteiger partial charge >= 0.3 is 0 Å². The average Bonchev–Trinajstić information content (AvgIpc) is 2.13. The Labute approximate surface area is 86.7 Å². The molecule has 0 amide bonds. The Bertz CT molecular complexity index is 125. The van der Waals surface area contributed by atoms with Crippen LogP contribution in [0.2, 0.25) is 0 Å². The van der Waals surface area contributed by atoms with Gasteiger partial charge in [0.1, 0.15) is 19.6 Å². The van der Waals surface area contributed by atoms with Gasteiger partial charge in [0, 0.05) is 6.61 Å². The van der Waals surface area contributed by atoms with E-state index in [2.05, 4.69) is 6.92 Å². The first kappa shape index (κ1) is 13.8. The molecule has 0 aromatic heterocycles. The molecule has 0 aromatic rings. The van der Waals surface area contributed by atoms with Crippen LogP contribution < -0.4 is 0 Å². The van der Waals surface area contributed by atoms with Crippen molar-refractivity contribution in [2.24, 2.45) is 0 Å². The van der Waals surface area contributed by atoms with E-state index in [9.17, 15) is 0 Å². The highest BCUT2D eigenvalue weighted by molar-refractivity contribution is 4.39. The molecule has 0 heterocycles. The molecule has 0 aliphatic heterocycles. The lowest BCUT2D eigenvalue weighted by molar-refractivity contribution is -0.910. The fourth-order valence-corrected chi connectivity index (χ4v) is 1.35. The summed E-state index contributed by atoms with van der Waals surface area (Å²) in [6, 6.07) is 0. The molecule has 0 atom stereocenters. The van der Waals surface area contributed by atoms with Crippen molar-refractivity contribution in [1.29, 1.82) is 0 Å². The van der Waals surface area contributed by atoms with Gasteiger partial charge in [0.2, 0.25) is 0 Å². The topological polar surface area (TPSA) is 49.7 Å². The van der Waals surface area contributed by atoms with Gasteiger partial charge in [0.25, 0.3) is 0 Å². The molecule has 4 nitrogen and oxygen atoms in total. The Morgan fingerprint density at radius 3 is 2.00 bits per heavy atom. The van der Waals surface area contributed by atoms with Crippen molar-refractivity contribution in [2.75, 3.05) is 53.1 Å². The molecule has 0 saturated carbocycles. The zero-order valence-corrected chi connectivity index (χ0v) is 9.41. The lowest BCUT2D eigenvalue weighted by atomic mass is 10.3. The molecule has 2 N–H and O–H groups in total. The average molecular weight is 206 g/mol. The molecular formula is C10H24NO3+. The maximum absolute atomic E-state index is 8.89. The van der Waals surface area contributed by atoms with Crippen LogP contribution in [0, 0.1) is 0 Å². The minimum absolute atomic E-state index is 0.157. The molecule has 0 fully saturated rings. The van der Waals surface area contributed by atoms with Crippen molar-refractivity contribution < 1.29 is 19.4 Å². The van der Waals surface area contributed by atoms with E-state index in [4.69, 9.17) is 14.9 Å². The molecule has 0 spiro atoms. The first-order valence-electron chi connectivity index (χ1n) is 5.31. The van der Waals surface area contributed by atoms with Gasteiger partial charge in [-0.2, -0.15) is 0 Å². The standard InChI is InChI=1S/C10H24NO3/c1-3-9-14-10-6-11(2,4-7-12)5-8-13/h12-13H,3-10H2,1-2H3/q+1. The fraction of sp³-hybridized carbons (Fsp3) is 1.00. The van der Waals surface area contributed by atoms with E-state index < -0.39 is 0 Å². The predicted octanol–water partition coefficient (Wildman–Crippen LogP) is -0.156. The molecule has 0 unspecified atom stereocenters. The van der Waals surface area contributed by atoms with Gasteiger partial charge in [-0.15, -0.1) is 0 Å². The number of aliphatic hydroxyl groups is 2. The first-order chi connectivity index (χ1) is 6.68. The molecule has 86 valence electrons. The van der Waals surface area contributed by atoms with Crippen molar-refractivity contribution in [3.05, 3.63) is 0 Å². The van der Waals surface area contributed by atoms with Gasteiger partial charge in [0.15, 0.2) is 0 Å². The summed E-state index contributed by atoms with van der Waals surface area (Å²) >= 11 is 0. The fourth-order valence-electron chi connectivity index (χ4n) is 1.35. The summed E-state index contributed by atoms with van der Waals surface area (Å²) in [4.78, 5) is 0. The Morgan fingerprint density at radius 1 is 1.00 bits per heavy atom. The molecule has 14 heavy (non-hydrogen) atoms. The number of quaternary nitrogens is 1. The van der Waals surface area contributed by atoms with Crippen LogP contribution in [-0.4, -0.2) is 67.8 Å². The highest BCUT2D eigenvalue weighted by Crippen LogP contribution is 2.00. The van der Waals surface area contributed by atoms with E-state index in [1.54, 1.807) is 0 Å². The highest BCUT2D eigenvalue weighted by Gasteiger charge is 2.19. The minimum Gasteiger partial charge on any atom is -0.391 e. The van der Waals surface area contributed by atoms with Crippen molar-refractivity contribution in [3.8, 4) is 0 Å². The maximum atomic E-state index is 8.89. The second kappa shape index (κ2) is 8.17. The van der Waals surface area contributed by atoms with E-state index in [0.717, 1.165) is 19.6 Å². The predicted molar refractivity (Wildman–Crippen MR) is 56.1 cm³/mol. The van der Waals surface area contributed by atoms with Crippen molar-refractivity contribution in [2.45, 2.75) is 13.3 Å². The number of ether oxygens (including phenoxy) is 1. The Morgan fingerprint density at radius 2 is 1.57 bits per heavy atom. The molecular weight excluding hydrogens is 182 g/mol. The van der Waals surface area contributed by atoms with Crippen LogP contribution in [0.1, 0.15) is 13.3 Å². The highest BCUT2D eigenvalue weighted by atomic mass is 16.5. The SMILES string of the molecule is CCCOCC[N+](C)(CCO)CCO. The molecule has 0 bridgehead atoms. The molecule has 0 radical (unpaired) electrons. The summed E-state index contributed by atoms with van der Waals surface area (Å²) in [7, 11) is 2.03. The summed E-state index contributed by atoms with van der Waals surface area (Å²) in [5.41, 5.74) is 0. The van der Waals surface area contributed by atoms with Crippen LogP contribution in [-0.2, 0) is 4.74 Å². The number of likely N-dealkylation sites (N-methyl/N-ethyl adjacent to an activating group) is 1. The summed E-state index contributed by atoms with van der Waals surface area (Å²) in [6.45, 7) is 6.08. The van der Waals surface area contributed by atoms with Crippen LogP contribution in [0.5, 0.6) is 0 Å². The maximum Gasteiger partial charge on any atom is 0.102 e. The van der Waals surface area contributed by atoms with Gasteiger partial charge in [0.05, 0.1) is 26.9 Å². The Hall–Kier alpha value is -0.160. The van der Waals surface area contributed by atoms with Crippen molar-refractivity contribution in [1.82, 2.24) is 0 Å². The number of hydrogen-bond acceptors (Lipinski definition) is 3. The van der Waals surface area contributed by atoms with E-state index in [-0.39, 0.29) is 13.2 Å². The normalized spacial score (nSPS) is 12.0. The molecule has 0 aliphatic carbocycles. The second-order valence-corrected chi connectivity index (χ2v) is 3.85. The van der Waals surface area contributed by atoms with Crippen molar-refractivity contribution in [3.63, 3.8) is 0 Å². The molecule has 4 heteroatoms. The van der Waals surface area contributed by atoms with Crippen molar-refractivity contribution >= 4 is 0 Å². The Kier molecular flexibility index (Phi) is 8.08. The number of rotatable bonds is 9. The zero-order chi connectivity index (χ0) is 10.9. The monoisotopic (exact) mass is 206 g/mol. The van der Waals surface area contributed by atoms with Gasteiger partial charge in [-0.25, -0.2) is 0 Å². The summed E-state index contributed by atoms with van der Waals surface area (Å²) in [6.07, 6.45) is 1.03. The zero-order valence-electron chi connectivity index (χ0n) is 9.41. The minimum atomic E-state index is 0.157. The smallest absolute Gasteiger partial charge is 0.102 e. The van der Waals surface area contributed by atoms with E-state index in [0.29, 0.717) is 24.2 Å². The van der Waals surface area contributed by atoms with Crippen LogP contribution in [0.4, 0.5) is 0 Å². The van der Waals surface area contributed by atoms with Gasteiger partial charge in [-0.1, -0.05) is 6.92 Å². The largest absolute Gasteiger partial charge is 0.391 e. The van der Waals surface area contributed by atoms with Crippen LogP contribution >= 0.6 is 0 Å². The van der Waals surface area contributed by atoms with E-state index in [1.807, 2.05) is 7.05 Å². The van der Waals surface area contributed by atoms with Gasteiger partial charge in [-0.3, -0.25) is 0 Å².